The molecule has 9 nitrogen and oxygen atoms in total. The van der Waals surface area contributed by atoms with Crippen molar-refractivity contribution in [2.75, 3.05) is 32.5 Å². The van der Waals surface area contributed by atoms with Gasteiger partial charge in [-0.15, -0.1) is 0 Å². The number of sulfonamides is 1. The van der Waals surface area contributed by atoms with Gasteiger partial charge >= 0.3 is 0 Å². The summed E-state index contributed by atoms with van der Waals surface area (Å²) in [6.45, 7) is 2.28. The van der Waals surface area contributed by atoms with Gasteiger partial charge in [-0.05, 0) is 25.1 Å². The second-order valence-corrected chi connectivity index (χ2v) is 8.81. The SMILES string of the molecule is CCOc1ccc(S(=O)(=O)N(C)CC(=O)NCCSc2ncn[nH]2)cc1Cl. The number of rotatable bonds is 10. The van der Waals surface area contributed by atoms with Crippen molar-refractivity contribution in [1.82, 2.24) is 24.8 Å². The molecule has 0 spiro atoms. The number of halogens is 1. The molecule has 12 heteroatoms. The Bertz CT molecular complexity index is 861. The first-order valence-electron chi connectivity index (χ1n) is 7.98. The van der Waals surface area contributed by atoms with Gasteiger partial charge in [0.05, 0.1) is 23.1 Å². The molecule has 1 heterocycles. The van der Waals surface area contributed by atoms with Crippen LogP contribution in [-0.2, 0) is 14.8 Å². The Morgan fingerprint density at radius 1 is 1.44 bits per heavy atom. The number of benzene rings is 1. The van der Waals surface area contributed by atoms with Crippen LogP contribution in [0, 0.1) is 0 Å². The normalized spacial score (nSPS) is 11.6. The zero-order chi connectivity index (χ0) is 19.9. The lowest BCUT2D eigenvalue weighted by Gasteiger charge is -2.17. The highest BCUT2D eigenvalue weighted by Crippen LogP contribution is 2.28. The maximum Gasteiger partial charge on any atom is 0.243 e. The highest BCUT2D eigenvalue weighted by Gasteiger charge is 2.24. The van der Waals surface area contributed by atoms with Crippen LogP contribution >= 0.6 is 23.4 Å². The number of amides is 1. The lowest BCUT2D eigenvalue weighted by molar-refractivity contribution is -0.121. The number of likely N-dealkylation sites (N-methyl/N-ethyl adjacent to an activating group) is 1. The van der Waals surface area contributed by atoms with E-state index in [2.05, 4.69) is 20.5 Å². The Kier molecular flexibility index (Phi) is 7.90. The van der Waals surface area contributed by atoms with Gasteiger partial charge in [0.15, 0.2) is 5.16 Å². The second-order valence-electron chi connectivity index (χ2n) is 5.28. The monoisotopic (exact) mass is 433 g/mol. The van der Waals surface area contributed by atoms with Crippen molar-refractivity contribution in [1.29, 1.82) is 0 Å². The van der Waals surface area contributed by atoms with E-state index in [4.69, 9.17) is 16.3 Å². The smallest absolute Gasteiger partial charge is 0.243 e. The molecule has 2 aromatic rings. The Morgan fingerprint density at radius 3 is 2.85 bits per heavy atom. The molecule has 0 saturated carbocycles. The summed E-state index contributed by atoms with van der Waals surface area (Å²) in [5, 5.41) is 9.92. The molecule has 0 radical (unpaired) electrons. The van der Waals surface area contributed by atoms with Gasteiger partial charge in [0.1, 0.15) is 12.1 Å². The molecule has 0 aliphatic rings. The highest BCUT2D eigenvalue weighted by atomic mass is 35.5. The van der Waals surface area contributed by atoms with Crippen LogP contribution < -0.4 is 10.1 Å². The van der Waals surface area contributed by atoms with Crippen molar-refractivity contribution < 1.29 is 17.9 Å². The molecule has 0 aliphatic heterocycles. The molecule has 2 rings (SSSR count). The van der Waals surface area contributed by atoms with Crippen LogP contribution in [0.2, 0.25) is 5.02 Å². The summed E-state index contributed by atoms with van der Waals surface area (Å²) in [7, 11) is -2.51. The van der Waals surface area contributed by atoms with Gasteiger partial charge in [0, 0.05) is 19.3 Å². The Labute approximate surface area is 166 Å². The number of thioether (sulfide) groups is 1. The van der Waals surface area contributed by atoms with Gasteiger partial charge in [-0.2, -0.15) is 9.40 Å². The molecule has 1 aromatic heterocycles. The summed E-state index contributed by atoms with van der Waals surface area (Å²) in [5.74, 6) is 0.574. The largest absolute Gasteiger partial charge is 0.492 e. The van der Waals surface area contributed by atoms with E-state index in [1.54, 1.807) is 6.92 Å². The van der Waals surface area contributed by atoms with E-state index >= 15 is 0 Å². The first-order valence-corrected chi connectivity index (χ1v) is 10.8. The van der Waals surface area contributed by atoms with E-state index < -0.39 is 15.9 Å². The summed E-state index contributed by atoms with van der Waals surface area (Å²) < 4.78 is 31.5. The molecule has 1 aromatic carbocycles. The fraction of sp³-hybridized carbons (Fsp3) is 0.400. The number of carbonyl (C=O) groups is 1. The van der Waals surface area contributed by atoms with Gasteiger partial charge in [0.25, 0.3) is 0 Å². The number of nitrogens with zero attached hydrogens (tertiary/aromatic N) is 3. The van der Waals surface area contributed by atoms with Gasteiger partial charge in [-0.3, -0.25) is 9.89 Å². The van der Waals surface area contributed by atoms with Gasteiger partial charge in [-0.25, -0.2) is 13.4 Å². The number of H-pyrrole nitrogens is 1. The standard InChI is InChI=1S/C15H20ClN5O4S2/c1-3-25-13-5-4-11(8-12(13)16)27(23,24)21(2)9-14(22)17-6-7-26-15-18-10-19-20-15/h4-5,8,10H,3,6-7,9H2,1-2H3,(H,17,22)(H,18,19,20). The number of hydrogen-bond acceptors (Lipinski definition) is 7. The molecule has 27 heavy (non-hydrogen) atoms. The van der Waals surface area contributed by atoms with Crippen LogP contribution in [0.1, 0.15) is 6.92 Å². The van der Waals surface area contributed by atoms with Crippen molar-refractivity contribution in [3.8, 4) is 5.75 Å². The first-order chi connectivity index (χ1) is 12.8. The molecule has 148 valence electrons. The number of aromatic amines is 1. The first kappa shape index (κ1) is 21.5. The minimum Gasteiger partial charge on any atom is -0.492 e. The molecule has 0 fully saturated rings. The minimum atomic E-state index is -3.85. The number of aromatic nitrogens is 3. The lowest BCUT2D eigenvalue weighted by Crippen LogP contribution is -2.39. The highest BCUT2D eigenvalue weighted by molar-refractivity contribution is 7.99. The van der Waals surface area contributed by atoms with Crippen molar-refractivity contribution in [2.24, 2.45) is 0 Å². The molecule has 0 saturated heterocycles. The lowest BCUT2D eigenvalue weighted by atomic mass is 10.3. The molecule has 2 N–H and O–H groups in total. The number of carbonyl (C=O) groups excluding carboxylic acids is 1. The van der Waals surface area contributed by atoms with Crippen molar-refractivity contribution in [3.05, 3.63) is 29.5 Å². The zero-order valence-corrected chi connectivity index (χ0v) is 17.2. The summed E-state index contributed by atoms with van der Waals surface area (Å²) in [6.07, 6.45) is 1.40. The van der Waals surface area contributed by atoms with Gasteiger partial charge < -0.3 is 10.1 Å². The van der Waals surface area contributed by atoms with E-state index in [1.807, 2.05) is 0 Å². The predicted octanol–water partition coefficient (Wildman–Crippen LogP) is 1.39. The van der Waals surface area contributed by atoms with Crippen LogP contribution in [0.5, 0.6) is 5.75 Å². The second kappa shape index (κ2) is 9.93. The topological polar surface area (TPSA) is 117 Å². The molecule has 0 atom stereocenters. The van der Waals surface area contributed by atoms with Gasteiger partial charge in [-0.1, -0.05) is 23.4 Å². The number of nitrogens with one attached hydrogen (secondary N) is 2. The van der Waals surface area contributed by atoms with E-state index in [0.717, 1.165) is 4.31 Å². The summed E-state index contributed by atoms with van der Waals surface area (Å²) in [5.41, 5.74) is 0. The number of ether oxygens (including phenoxy) is 1. The summed E-state index contributed by atoms with van der Waals surface area (Å²) >= 11 is 7.44. The maximum absolute atomic E-state index is 12.6. The number of hydrogen-bond donors (Lipinski definition) is 2. The summed E-state index contributed by atoms with van der Waals surface area (Å²) in [4.78, 5) is 15.9. The van der Waals surface area contributed by atoms with Crippen LogP contribution in [-0.4, -0.2) is 66.3 Å². The molecule has 1 amide bonds. The van der Waals surface area contributed by atoms with E-state index in [0.29, 0.717) is 29.8 Å². The average molecular weight is 434 g/mol. The zero-order valence-electron chi connectivity index (χ0n) is 14.8. The fourth-order valence-corrected chi connectivity index (χ4v) is 4.13. The third-order valence-corrected chi connectivity index (χ3v) is 6.31. The predicted molar refractivity (Wildman–Crippen MR) is 103 cm³/mol. The summed E-state index contributed by atoms with van der Waals surface area (Å²) in [6, 6.07) is 4.20. The molecular formula is C15H20ClN5O4S2. The quantitative estimate of drug-likeness (QED) is 0.429. The molecule has 0 unspecified atom stereocenters. The van der Waals surface area contributed by atoms with Crippen molar-refractivity contribution in [3.63, 3.8) is 0 Å². The molecular weight excluding hydrogens is 414 g/mol. The van der Waals surface area contributed by atoms with Crippen molar-refractivity contribution >= 4 is 39.3 Å². The van der Waals surface area contributed by atoms with E-state index in [9.17, 15) is 13.2 Å². The minimum absolute atomic E-state index is 0.00729. The third kappa shape index (κ3) is 6.09. The fourth-order valence-electron chi connectivity index (χ4n) is 2.04. The van der Waals surface area contributed by atoms with E-state index in [-0.39, 0.29) is 16.5 Å². The Morgan fingerprint density at radius 2 is 2.22 bits per heavy atom. The Hall–Kier alpha value is -1.82. The average Bonchev–Trinajstić information content (AvgIpc) is 3.14. The van der Waals surface area contributed by atoms with Crippen LogP contribution in [0.15, 0.2) is 34.6 Å². The van der Waals surface area contributed by atoms with Crippen LogP contribution in [0.3, 0.4) is 0 Å². The van der Waals surface area contributed by atoms with E-state index in [1.165, 1.54) is 43.3 Å². The van der Waals surface area contributed by atoms with Crippen molar-refractivity contribution in [2.45, 2.75) is 17.0 Å². The van der Waals surface area contributed by atoms with Crippen LogP contribution in [0.25, 0.3) is 0 Å². The third-order valence-electron chi connectivity index (χ3n) is 3.33. The van der Waals surface area contributed by atoms with Crippen LogP contribution in [0.4, 0.5) is 0 Å². The van der Waals surface area contributed by atoms with Gasteiger partial charge in [0.2, 0.25) is 15.9 Å². The molecule has 0 bridgehead atoms. The maximum atomic E-state index is 12.6. The molecule has 0 aliphatic carbocycles. The Balaban J connectivity index is 1.88.